The fourth-order valence-corrected chi connectivity index (χ4v) is 4.88. The van der Waals surface area contributed by atoms with E-state index in [4.69, 9.17) is 11.6 Å². The zero-order valence-electron chi connectivity index (χ0n) is 10.8. The zero-order chi connectivity index (χ0) is 15.8. The Bertz CT molecular complexity index is 639. The molecular weight excluding hydrogens is 351 g/mol. The number of sulfone groups is 1. The van der Waals surface area contributed by atoms with E-state index in [0.717, 1.165) is 12.3 Å². The van der Waals surface area contributed by atoms with Gasteiger partial charge in [0.2, 0.25) is 5.82 Å². The van der Waals surface area contributed by atoms with Gasteiger partial charge in [-0.05, 0) is 0 Å². The SMILES string of the molecule is CS(=O)(=O)C1CSCCN1c1cc(Cl)nc(C(F)(F)F)n1. The lowest BCUT2D eigenvalue weighted by Crippen LogP contribution is -2.47. The molecule has 0 saturated carbocycles. The molecule has 2 rings (SSSR count). The van der Waals surface area contributed by atoms with E-state index in [-0.39, 0.29) is 23.3 Å². The summed E-state index contributed by atoms with van der Waals surface area (Å²) in [5.41, 5.74) is 0. The van der Waals surface area contributed by atoms with E-state index < -0.39 is 27.2 Å². The van der Waals surface area contributed by atoms with Crippen LogP contribution in [0.5, 0.6) is 0 Å². The monoisotopic (exact) mass is 361 g/mol. The minimum atomic E-state index is -4.75. The Morgan fingerprint density at radius 3 is 2.67 bits per heavy atom. The molecule has 118 valence electrons. The Kier molecular flexibility index (Phi) is 4.60. The second-order valence-electron chi connectivity index (χ2n) is 4.42. The van der Waals surface area contributed by atoms with Gasteiger partial charge in [0.15, 0.2) is 9.84 Å². The molecule has 1 unspecified atom stereocenters. The van der Waals surface area contributed by atoms with Gasteiger partial charge in [0.25, 0.3) is 0 Å². The van der Waals surface area contributed by atoms with E-state index >= 15 is 0 Å². The lowest BCUT2D eigenvalue weighted by molar-refractivity contribution is -0.144. The normalized spacial score (nSPS) is 20.6. The highest BCUT2D eigenvalue weighted by molar-refractivity contribution is 8.01. The van der Waals surface area contributed by atoms with Gasteiger partial charge in [0.05, 0.1) is 0 Å². The predicted octanol–water partition coefficient (Wildman–Crippen LogP) is 2.07. The van der Waals surface area contributed by atoms with E-state index in [1.54, 1.807) is 0 Å². The topological polar surface area (TPSA) is 63.2 Å². The minimum Gasteiger partial charge on any atom is -0.338 e. The van der Waals surface area contributed by atoms with Crippen molar-refractivity contribution in [1.82, 2.24) is 9.97 Å². The molecule has 0 spiro atoms. The predicted molar refractivity (Wildman–Crippen MR) is 75.3 cm³/mol. The number of halogens is 4. The summed E-state index contributed by atoms with van der Waals surface area (Å²) < 4.78 is 61.7. The lowest BCUT2D eigenvalue weighted by Gasteiger charge is -2.35. The van der Waals surface area contributed by atoms with Gasteiger partial charge in [-0.2, -0.15) is 24.9 Å². The molecule has 0 aliphatic carbocycles. The maximum absolute atomic E-state index is 12.7. The fourth-order valence-electron chi connectivity index (χ4n) is 1.88. The van der Waals surface area contributed by atoms with Crippen molar-refractivity contribution in [3.05, 3.63) is 17.0 Å². The number of rotatable bonds is 2. The van der Waals surface area contributed by atoms with Crippen LogP contribution in [-0.2, 0) is 16.0 Å². The first-order valence-corrected chi connectivity index (χ1v) is 9.23. The number of thioether (sulfide) groups is 1. The van der Waals surface area contributed by atoms with E-state index in [1.165, 1.54) is 16.7 Å². The third-order valence-corrected chi connectivity index (χ3v) is 5.64. The van der Waals surface area contributed by atoms with Crippen molar-refractivity contribution >= 4 is 39.0 Å². The molecule has 21 heavy (non-hydrogen) atoms. The van der Waals surface area contributed by atoms with Crippen LogP contribution in [0, 0.1) is 0 Å². The van der Waals surface area contributed by atoms with Crippen molar-refractivity contribution in [2.75, 3.05) is 29.2 Å². The van der Waals surface area contributed by atoms with E-state index in [0.29, 0.717) is 5.75 Å². The van der Waals surface area contributed by atoms with Crippen LogP contribution < -0.4 is 4.90 Å². The van der Waals surface area contributed by atoms with Gasteiger partial charge in [-0.15, -0.1) is 0 Å². The molecule has 1 aliphatic rings. The molecule has 0 aromatic carbocycles. The van der Waals surface area contributed by atoms with Crippen molar-refractivity contribution < 1.29 is 21.6 Å². The van der Waals surface area contributed by atoms with Crippen molar-refractivity contribution in [2.45, 2.75) is 11.6 Å². The van der Waals surface area contributed by atoms with E-state index in [2.05, 4.69) is 9.97 Å². The number of anilines is 1. The second kappa shape index (κ2) is 5.81. The summed E-state index contributed by atoms with van der Waals surface area (Å²) in [6.45, 7) is 0.271. The second-order valence-corrected chi connectivity index (χ2v) is 8.16. The minimum absolute atomic E-state index is 0.127. The Morgan fingerprint density at radius 2 is 2.10 bits per heavy atom. The summed E-state index contributed by atoms with van der Waals surface area (Å²) in [6, 6.07) is 1.14. The third kappa shape index (κ3) is 3.92. The molecule has 1 aliphatic heterocycles. The van der Waals surface area contributed by atoms with Crippen LogP contribution in [0.15, 0.2) is 6.07 Å². The lowest BCUT2D eigenvalue weighted by atomic mass is 10.4. The summed E-state index contributed by atoms with van der Waals surface area (Å²) in [7, 11) is -3.46. The molecule has 0 N–H and O–H groups in total. The molecule has 5 nitrogen and oxygen atoms in total. The van der Waals surface area contributed by atoms with Gasteiger partial charge < -0.3 is 4.90 Å². The average molecular weight is 362 g/mol. The number of nitrogens with zero attached hydrogens (tertiary/aromatic N) is 3. The average Bonchev–Trinajstić information content (AvgIpc) is 2.36. The maximum atomic E-state index is 12.7. The Balaban J connectivity index is 2.46. The summed E-state index contributed by atoms with van der Waals surface area (Å²) in [5.74, 6) is -0.648. The largest absolute Gasteiger partial charge is 0.451 e. The van der Waals surface area contributed by atoms with Gasteiger partial charge in [-0.25, -0.2) is 18.4 Å². The molecule has 1 atom stereocenters. The number of hydrogen-bond acceptors (Lipinski definition) is 6. The molecule has 1 fully saturated rings. The first kappa shape index (κ1) is 16.6. The quantitative estimate of drug-likeness (QED) is 0.751. The van der Waals surface area contributed by atoms with Gasteiger partial charge in [-0.1, -0.05) is 11.6 Å². The van der Waals surface area contributed by atoms with Crippen LogP contribution in [0.2, 0.25) is 5.15 Å². The van der Waals surface area contributed by atoms with Crippen LogP contribution in [0.4, 0.5) is 19.0 Å². The highest BCUT2D eigenvalue weighted by Gasteiger charge is 2.37. The molecule has 1 saturated heterocycles. The van der Waals surface area contributed by atoms with Crippen LogP contribution in [0.3, 0.4) is 0 Å². The summed E-state index contributed by atoms with van der Waals surface area (Å²) in [4.78, 5) is 7.89. The van der Waals surface area contributed by atoms with E-state index in [9.17, 15) is 21.6 Å². The van der Waals surface area contributed by atoms with Gasteiger partial charge in [0.1, 0.15) is 16.3 Å². The summed E-state index contributed by atoms with van der Waals surface area (Å²) in [5, 5.41) is -1.30. The molecule has 1 aromatic heterocycles. The smallest absolute Gasteiger partial charge is 0.338 e. The highest BCUT2D eigenvalue weighted by Crippen LogP contribution is 2.31. The number of hydrogen-bond donors (Lipinski definition) is 0. The number of aromatic nitrogens is 2. The van der Waals surface area contributed by atoms with E-state index in [1.807, 2.05) is 0 Å². The molecular formula is C10H11ClF3N3O2S2. The summed E-state index contributed by atoms with van der Waals surface area (Å²) >= 11 is 7.03. The molecule has 0 bridgehead atoms. The maximum Gasteiger partial charge on any atom is 0.451 e. The van der Waals surface area contributed by atoms with Crippen molar-refractivity contribution in [3.8, 4) is 0 Å². The molecule has 1 aromatic rings. The van der Waals surface area contributed by atoms with Crippen molar-refractivity contribution in [1.29, 1.82) is 0 Å². The Hall–Kier alpha value is -0.740. The van der Waals surface area contributed by atoms with Crippen molar-refractivity contribution in [2.24, 2.45) is 0 Å². The van der Waals surface area contributed by atoms with Crippen LogP contribution >= 0.6 is 23.4 Å². The first-order valence-electron chi connectivity index (χ1n) is 5.74. The first-order chi connectivity index (χ1) is 9.59. The molecule has 2 heterocycles. The Labute approximate surface area is 128 Å². The van der Waals surface area contributed by atoms with Gasteiger partial charge in [0, 0.05) is 30.4 Å². The summed E-state index contributed by atoms with van der Waals surface area (Å²) in [6.07, 6.45) is -3.70. The standard InChI is InChI=1S/C10H11ClF3N3O2S2/c1-21(18,19)8-5-20-3-2-17(8)7-4-6(11)15-9(16-7)10(12,13)14/h4,8H,2-3,5H2,1H3. The van der Waals surface area contributed by atoms with Crippen LogP contribution in [0.25, 0.3) is 0 Å². The van der Waals surface area contributed by atoms with Crippen LogP contribution in [0.1, 0.15) is 5.82 Å². The van der Waals surface area contributed by atoms with Gasteiger partial charge in [-0.3, -0.25) is 0 Å². The highest BCUT2D eigenvalue weighted by atomic mass is 35.5. The van der Waals surface area contributed by atoms with Gasteiger partial charge >= 0.3 is 6.18 Å². The Morgan fingerprint density at radius 1 is 1.43 bits per heavy atom. The molecule has 11 heteroatoms. The van der Waals surface area contributed by atoms with Crippen LogP contribution in [-0.4, -0.2) is 48.1 Å². The molecule has 0 amide bonds. The zero-order valence-corrected chi connectivity index (χ0v) is 13.2. The number of alkyl halides is 3. The fraction of sp³-hybridized carbons (Fsp3) is 0.600. The van der Waals surface area contributed by atoms with Crippen molar-refractivity contribution in [3.63, 3.8) is 0 Å². The third-order valence-electron chi connectivity index (χ3n) is 2.81. The molecule has 0 radical (unpaired) electrons.